The van der Waals surface area contributed by atoms with Crippen molar-refractivity contribution in [3.8, 4) is 5.75 Å². The lowest BCUT2D eigenvalue weighted by molar-refractivity contribution is 0.0642. The molecule has 0 radical (unpaired) electrons. The number of ether oxygens (including phenoxy) is 1. The van der Waals surface area contributed by atoms with E-state index in [1.165, 1.54) is 11.3 Å². The number of aromatic nitrogens is 2. The fourth-order valence-electron chi connectivity index (χ4n) is 4.23. The van der Waals surface area contributed by atoms with Gasteiger partial charge in [0.05, 0.1) is 6.20 Å². The fourth-order valence-corrected chi connectivity index (χ4v) is 4.23. The van der Waals surface area contributed by atoms with Gasteiger partial charge in [-0.3, -0.25) is 9.89 Å². The van der Waals surface area contributed by atoms with E-state index in [0.717, 1.165) is 43.4 Å². The average Bonchev–Trinajstić information content (AvgIpc) is 3.49. The van der Waals surface area contributed by atoms with Crippen molar-refractivity contribution in [2.45, 2.75) is 50.8 Å². The van der Waals surface area contributed by atoms with Gasteiger partial charge in [-0.2, -0.15) is 5.10 Å². The van der Waals surface area contributed by atoms with E-state index in [4.69, 9.17) is 4.74 Å². The highest BCUT2D eigenvalue weighted by molar-refractivity contribution is 5.95. The maximum Gasteiger partial charge on any atom is 0.254 e. The molecule has 2 aliphatic carbocycles. The standard InChI is InChI=1S/C24H25N3O2/c28-24(18-7-4-8-22(14-18)29-16-17-5-2-1-3-6-17)27(20-9-10-20)21-11-12-23-19(13-21)15-25-26-23/h1-8,14-15,20-21H,9-13,16H2,(H,25,26). The quantitative estimate of drug-likeness (QED) is 0.691. The van der Waals surface area contributed by atoms with Crippen molar-refractivity contribution in [1.82, 2.24) is 15.1 Å². The van der Waals surface area contributed by atoms with Crippen LogP contribution in [0.5, 0.6) is 5.75 Å². The number of carbonyl (C=O) groups excluding carboxylic acids is 1. The number of hydrogen-bond donors (Lipinski definition) is 1. The summed E-state index contributed by atoms with van der Waals surface area (Å²) in [6.45, 7) is 0.497. The molecule has 29 heavy (non-hydrogen) atoms. The Morgan fingerprint density at radius 3 is 2.76 bits per heavy atom. The molecular weight excluding hydrogens is 362 g/mol. The number of carbonyl (C=O) groups is 1. The van der Waals surface area contributed by atoms with E-state index >= 15 is 0 Å². The predicted molar refractivity (Wildman–Crippen MR) is 111 cm³/mol. The third kappa shape index (κ3) is 3.90. The Kier molecular flexibility index (Phi) is 4.80. The number of benzene rings is 2. The summed E-state index contributed by atoms with van der Waals surface area (Å²) >= 11 is 0. The first-order valence-electron chi connectivity index (χ1n) is 10.4. The van der Waals surface area contributed by atoms with Crippen LogP contribution in [0.1, 0.15) is 46.4 Å². The molecule has 1 saturated carbocycles. The van der Waals surface area contributed by atoms with Crippen molar-refractivity contribution in [3.05, 3.63) is 83.2 Å². The minimum Gasteiger partial charge on any atom is -0.489 e. The van der Waals surface area contributed by atoms with Crippen LogP contribution in [-0.2, 0) is 19.4 Å². The Morgan fingerprint density at radius 2 is 1.93 bits per heavy atom. The Hall–Kier alpha value is -3.08. The molecule has 0 bridgehead atoms. The number of H-pyrrole nitrogens is 1. The maximum atomic E-state index is 13.4. The molecule has 5 heteroatoms. The number of rotatable bonds is 6. The minimum atomic E-state index is 0.120. The molecule has 5 rings (SSSR count). The number of aromatic amines is 1. The van der Waals surface area contributed by atoms with E-state index in [1.54, 1.807) is 0 Å². The van der Waals surface area contributed by atoms with E-state index in [1.807, 2.05) is 60.8 Å². The summed E-state index contributed by atoms with van der Waals surface area (Å²) in [4.78, 5) is 15.6. The fraction of sp³-hybridized carbons (Fsp3) is 0.333. The van der Waals surface area contributed by atoms with Crippen molar-refractivity contribution in [2.75, 3.05) is 0 Å². The van der Waals surface area contributed by atoms with Gasteiger partial charge in [-0.25, -0.2) is 0 Å². The molecule has 1 heterocycles. The Balaban J connectivity index is 1.32. The van der Waals surface area contributed by atoms with Crippen LogP contribution in [0.4, 0.5) is 0 Å². The van der Waals surface area contributed by atoms with Crippen molar-refractivity contribution in [3.63, 3.8) is 0 Å². The summed E-state index contributed by atoms with van der Waals surface area (Å²) in [7, 11) is 0. The van der Waals surface area contributed by atoms with Crippen LogP contribution in [-0.4, -0.2) is 33.1 Å². The first-order valence-corrected chi connectivity index (χ1v) is 10.4. The van der Waals surface area contributed by atoms with Crippen LogP contribution in [0.15, 0.2) is 60.8 Å². The van der Waals surface area contributed by atoms with Gasteiger partial charge in [0.15, 0.2) is 0 Å². The second-order valence-electron chi connectivity index (χ2n) is 8.02. The van der Waals surface area contributed by atoms with E-state index < -0.39 is 0 Å². The Labute approximate surface area is 170 Å². The van der Waals surface area contributed by atoms with Gasteiger partial charge in [-0.1, -0.05) is 36.4 Å². The van der Waals surface area contributed by atoms with Gasteiger partial charge in [-0.05, 0) is 61.4 Å². The lowest BCUT2D eigenvalue weighted by atomic mass is 9.91. The zero-order valence-corrected chi connectivity index (χ0v) is 16.4. The monoisotopic (exact) mass is 387 g/mol. The van der Waals surface area contributed by atoms with Crippen LogP contribution >= 0.6 is 0 Å². The summed E-state index contributed by atoms with van der Waals surface area (Å²) in [6, 6.07) is 18.3. The number of nitrogens with zero attached hydrogens (tertiary/aromatic N) is 2. The molecule has 2 aliphatic rings. The first-order chi connectivity index (χ1) is 14.3. The SMILES string of the molecule is O=C(c1cccc(OCc2ccccc2)c1)N(C1CC1)C1CCc2[nH]ncc2C1. The van der Waals surface area contributed by atoms with Crippen molar-refractivity contribution >= 4 is 5.91 Å². The second kappa shape index (κ2) is 7.74. The minimum absolute atomic E-state index is 0.120. The summed E-state index contributed by atoms with van der Waals surface area (Å²) in [5, 5.41) is 7.26. The van der Waals surface area contributed by atoms with Crippen LogP contribution in [0.3, 0.4) is 0 Å². The normalized spacial score (nSPS) is 18.1. The zero-order chi connectivity index (χ0) is 19.6. The number of nitrogens with one attached hydrogen (secondary N) is 1. The van der Waals surface area contributed by atoms with Gasteiger partial charge in [-0.15, -0.1) is 0 Å². The van der Waals surface area contributed by atoms with Crippen molar-refractivity contribution < 1.29 is 9.53 Å². The lowest BCUT2D eigenvalue weighted by Gasteiger charge is -2.34. The summed E-state index contributed by atoms with van der Waals surface area (Å²) in [5.41, 5.74) is 4.29. The number of amides is 1. The van der Waals surface area contributed by atoms with Gasteiger partial charge >= 0.3 is 0 Å². The van der Waals surface area contributed by atoms with Gasteiger partial charge in [0.2, 0.25) is 0 Å². The Morgan fingerprint density at radius 1 is 1.07 bits per heavy atom. The molecule has 0 aliphatic heterocycles. The molecule has 2 aromatic carbocycles. The molecule has 5 nitrogen and oxygen atoms in total. The van der Waals surface area contributed by atoms with Crippen LogP contribution in [0, 0.1) is 0 Å². The lowest BCUT2D eigenvalue weighted by Crippen LogP contribution is -2.44. The third-order valence-corrected chi connectivity index (χ3v) is 5.89. The first kappa shape index (κ1) is 18.0. The number of hydrogen-bond acceptors (Lipinski definition) is 3. The van der Waals surface area contributed by atoms with E-state index in [-0.39, 0.29) is 11.9 Å². The van der Waals surface area contributed by atoms with Crippen molar-refractivity contribution in [2.24, 2.45) is 0 Å². The molecule has 0 spiro atoms. The molecule has 3 aromatic rings. The summed E-state index contributed by atoms with van der Waals surface area (Å²) in [5.74, 6) is 0.853. The highest BCUT2D eigenvalue weighted by Gasteiger charge is 2.39. The van der Waals surface area contributed by atoms with Crippen LogP contribution < -0.4 is 4.74 Å². The number of fused-ring (bicyclic) bond motifs is 1. The van der Waals surface area contributed by atoms with Gasteiger partial charge in [0.1, 0.15) is 12.4 Å². The van der Waals surface area contributed by atoms with E-state index in [9.17, 15) is 4.79 Å². The summed E-state index contributed by atoms with van der Waals surface area (Å²) in [6.07, 6.45) is 6.95. The van der Waals surface area contributed by atoms with E-state index in [0.29, 0.717) is 18.2 Å². The van der Waals surface area contributed by atoms with Gasteiger partial charge in [0.25, 0.3) is 5.91 Å². The molecule has 1 amide bonds. The molecular formula is C24H25N3O2. The predicted octanol–water partition coefficient (Wildman–Crippen LogP) is 4.15. The smallest absolute Gasteiger partial charge is 0.254 e. The molecule has 1 aromatic heterocycles. The zero-order valence-electron chi connectivity index (χ0n) is 16.4. The van der Waals surface area contributed by atoms with Crippen molar-refractivity contribution in [1.29, 1.82) is 0 Å². The topological polar surface area (TPSA) is 58.2 Å². The second-order valence-corrected chi connectivity index (χ2v) is 8.02. The molecule has 0 saturated heterocycles. The number of aryl methyl sites for hydroxylation is 1. The van der Waals surface area contributed by atoms with Crippen LogP contribution in [0.2, 0.25) is 0 Å². The molecule has 1 N–H and O–H groups in total. The molecule has 148 valence electrons. The summed E-state index contributed by atoms with van der Waals surface area (Å²) < 4.78 is 5.94. The largest absolute Gasteiger partial charge is 0.489 e. The van der Waals surface area contributed by atoms with E-state index in [2.05, 4.69) is 15.1 Å². The molecule has 1 fully saturated rings. The Bertz CT molecular complexity index is 994. The van der Waals surface area contributed by atoms with Gasteiger partial charge < -0.3 is 9.64 Å². The molecule has 1 atom stereocenters. The third-order valence-electron chi connectivity index (χ3n) is 5.89. The van der Waals surface area contributed by atoms with Crippen LogP contribution in [0.25, 0.3) is 0 Å². The molecule has 1 unspecified atom stereocenters. The highest BCUT2D eigenvalue weighted by atomic mass is 16.5. The van der Waals surface area contributed by atoms with Gasteiger partial charge in [0, 0.05) is 23.3 Å². The maximum absolute atomic E-state index is 13.4. The average molecular weight is 387 g/mol. The highest BCUT2D eigenvalue weighted by Crippen LogP contribution is 2.34.